The predicted molar refractivity (Wildman–Crippen MR) is 188 cm³/mol. The third kappa shape index (κ3) is 8.70. The lowest BCUT2D eigenvalue weighted by molar-refractivity contribution is 0.0644. The van der Waals surface area contributed by atoms with Gasteiger partial charge in [0.25, 0.3) is 11.8 Å². The van der Waals surface area contributed by atoms with Crippen LogP contribution in [0.1, 0.15) is 84.5 Å². The summed E-state index contributed by atoms with van der Waals surface area (Å²) in [7, 11) is 0. The molecule has 0 saturated heterocycles. The predicted octanol–water partition coefficient (Wildman–Crippen LogP) is 9.79. The quantitative estimate of drug-likeness (QED) is 0.173. The Morgan fingerprint density at radius 3 is 1.18 bits per heavy atom. The van der Waals surface area contributed by atoms with E-state index >= 15 is 0 Å². The molecule has 0 heterocycles. The highest BCUT2D eigenvalue weighted by atomic mass is 79.9. The summed E-state index contributed by atoms with van der Waals surface area (Å²) >= 11 is 7.41. The Morgan fingerprint density at radius 1 is 0.545 bits per heavy atom. The van der Waals surface area contributed by atoms with Crippen LogP contribution in [0.4, 0.5) is 0 Å². The lowest BCUT2D eigenvalue weighted by Crippen LogP contribution is -2.40. The van der Waals surface area contributed by atoms with Crippen LogP contribution in [0, 0.1) is 0 Å². The first kappa shape index (κ1) is 33.7. The van der Waals surface area contributed by atoms with Crippen molar-refractivity contribution in [3.8, 4) is 0 Å². The third-order valence-corrected chi connectivity index (χ3v) is 9.01. The minimum Gasteiger partial charge on any atom is -0.333 e. The molecule has 6 heteroatoms. The molecule has 0 aromatic heterocycles. The molecule has 4 nitrogen and oxygen atoms in total. The minimum atomic E-state index is -0.0700. The number of nitrogens with zero attached hydrogens (tertiary/aromatic N) is 2. The standard InChI is InChI=1S/C38H42Br2N2O2/c1-37(2,3)31-19-17-29(23-33(31)39)35(43)41(25-27-13-9-7-10-14-27)21-22-42(26-28-15-11-8-12-16-28)36(44)30-18-20-32(34(40)24-30)38(4,5)6/h7-20,23-24H,21-22,25-26H2,1-6H3. The number of rotatable bonds is 9. The van der Waals surface area contributed by atoms with Crippen LogP contribution in [-0.4, -0.2) is 34.7 Å². The number of hydrogen-bond donors (Lipinski definition) is 0. The molecule has 0 fully saturated rings. The first-order valence-corrected chi connectivity index (χ1v) is 16.6. The summed E-state index contributed by atoms with van der Waals surface area (Å²) in [5.41, 5.74) is 5.49. The molecule has 2 amide bonds. The average Bonchev–Trinajstić information content (AvgIpc) is 2.97. The van der Waals surface area contributed by atoms with Gasteiger partial charge in [-0.1, -0.05) is 146 Å². The molecule has 0 spiro atoms. The van der Waals surface area contributed by atoms with E-state index in [1.165, 1.54) is 0 Å². The van der Waals surface area contributed by atoms with E-state index in [0.29, 0.717) is 37.3 Å². The van der Waals surface area contributed by atoms with Gasteiger partial charge in [0, 0.05) is 46.3 Å². The molecule has 0 atom stereocenters. The lowest BCUT2D eigenvalue weighted by Gasteiger charge is -2.29. The van der Waals surface area contributed by atoms with Gasteiger partial charge in [0.05, 0.1) is 0 Å². The van der Waals surface area contributed by atoms with Gasteiger partial charge in [-0.05, 0) is 57.3 Å². The second-order valence-electron chi connectivity index (χ2n) is 13.3. The molecular formula is C38H42Br2N2O2. The van der Waals surface area contributed by atoms with Crippen molar-refractivity contribution < 1.29 is 9.59 Å². The van der Waals surface area contributed by atoms with E-state index in [9.17, 15) is 9.59 Å². The fraction of sp³-hybridized carbons (Fsp3) is 0.316. The van der Waals surface area contributed by atoms with E-state index in [4.69, 9.17) is 0 Å². The maximum Gasteiger partial charge on any atom is 0.254 e. The minimum absolute atomic E-state index is 0.0531. The Labute approximate surface area is 279 Å². The van der Waals surface area contributed by atoms with Crippen LogP contribution < -0.4 is 0 Å². The fourth-order valence-corrected chi connectivity index (χ4v) is 7.18. The van der Waals surface area contributed by atoms with Crippen LogP contribution in [0.25, 0.3) is 0 Å². The second kappa shape index (κ2) is 14.3. The molecule has 44 heavy (non-hydrogen) atoms. The van der Waals surface area contributed by atoms with Crippen molar-refractivity contribution in [3.63, 3.8) is 0 Å². The maximum absolute atomic E-state index is 14.0. The number of carbonyl (C=O) groups is 2. The van der Waals surface area contributed by atoms with Crippen molar-refractivity contribution in [2.75, 3.05) is 13.1 Å². The summed E-state index contributed by atoms with van der Waals surface area (Å²) in [4.78, 5) is 31.8. The van der Waals surface area contributed by atoms with Gasteiger partial charge in [-0.25, -0.2) is 0 Å². The fourth-order valence-electron chi connectivity index (χ4n) is 5.23. The maximum atomic E-state index is 14.0. The largest absolute Gasteiger partial charge is 0.333 e. The highest BCUT2D eigenvalue weighted by molar-refractivity contribution is 9.10. The molecule has 0 bridgehead atoms. The summed E-state index contributed by atoms with van der Waals surface area (Å²) in [6.45, 7) is 14.6. The van der Waals surface area contributed by atoms with Crippen molar-refractivity contribution in [2.45, 2.75) is 65.5 Å². The summed E-state index contributed by atoms with van der Waals surface area (Å²) in [5.74, 6) is -0.140. The molecule has 4 aromatic carbocycles. The summed E-state index contributed by atoms with van der Waals surface area (Å²) in [6.07, 6.45) is 0. The van der Waals surface area contributed by atoms with Crippen LogP contribution in [0.2, 0.25) is 0 Å². The molecule has 0 saturated carbocycles. The van der Waals surface area contributed by atoms with E-state index in [1.807, 2.05) is 107 Å². The SMILES string of the molecule is CC(C)(C)c1ccc(C(=O)N(CCN(Cc2ccccc2)C(=O)c2ccc(C(C)(C)C)c(Br)c2)Cc2ccccc2)cc1Br. The Morgan fingerprint density at radius 2 is 0.886 bits per heavy atom. The van der Waals surface area contributed by atoms with E-state index < -0.39 is 0 Å². The molecule has 230 valence electrons. The highest BCUT2D eigenvalue weighted by Crippen LogP contribution is 2.32. The van der Waals surface area contributed by atoms with Crippen LogP contribution in [0.3, 0.4) is 0 Å². The molecule has 0 radical (unpaired) electrons. The van der Waals surface area contributed by atoms with Crippen molar-refractivity contribution in [2.24, 2.45) is 0 Å². The zero-order valence-corrected chi connectivity index (χ0v) is 29.7. The molecule has 0 aliphatic carbocycles. The van der Waals surface area contributed by atoms with E-state index in [2.05, 4.69) is 73.4 Å². The number of carbonyl (C=O) groups excluding carboxylic acids is 2. The average molecular weight is 719 g/mol. The second-order valence-corrected chi connectivity index (χ2v) is 15.0. The Balaban J connectivity index is 1.64. The molecule has 0 aliphatic rings. The first-order chi connectivity index (χ1) is 20.7. The third-order valence-electron chi connectivity index (χ3n) is 7.69. The van der Waals surface area contributed by atoms with Gasteiger partial charge in [0.1, 0.15) is 0 Å². The molecule has 0 unspecified atom stereocenters. The summed E-state index contributed by atoms with van der Waals surface area (Å²) < 4.78 is 1.83. The van der Waals surface area contributed by atoms with E-state index in [-0.39, 0.29) is 22.6 Å². The number of hydrogen-bond acceptors (Lipinski definition) is 2. The van der Waals surface area contributed by atoms with Crippen LogP contribution in [0.5, 0.6) is 0 Å². The van der Waals surface area contributed by atoms with Crippen LogP contribution >= 0.6 is 31.9 Å². The lowest BCUT2D eigenvalue weighted by atomic mass is 9.86. The number of benzene rings is 4. The van der Waals surface area contributed by atoms with Crippen molar-refractivity contribution in [3.05, 3.63) is 139 Å². The van der Waals surface area contributed by atoms with Crippen molar-refractivity contribution >= 4 is 43.7 Å². The van der Waals surface area contributed by atoms with Gasteiger partial charge >= 0.3 is 0 Å². The normalized spacial score (nSPS) is 11.7. The number of amides is 2. The van der Waals surface area contributed by atoms with Gasteiger partial charge < -0.3 is 9.80 Å². The smallest absolute Gasteiger partial charge is 0.254 e. The van der Waals surface area contributed by atoms with Gasteiger partial charge in [-0.15, -0.1) is 0 Å². The zero-order chi connectivity index (χ0) is 32.1. The zero-order valence-electron chi connectivity index (χ0n) is 26.5. The van der Waals surface area contributed by atoms with E-state index in [1.54, 1.807) is 0 Å². The molecule has 4 aromatic rings. The Bertz CT molecular complexity index is 1470. The molecule has 0 N–H and O–H groups in total. The monoisotopic (exact) mass is 716 g/mol. The number of halogens is 2. The Kier molecular flexibility index (Phi) is 10.9. The molecule has 4 rings (SSSR count). The van der Waals surface area contributed by atoms with Gasteiger partial charge in [0.15, 0.2) is 0 Å². The van der Waals surface area contributed by atoms with Crippen molar-refractivity contribution in [1.82, 2.24) is 9.80 Å². The van der Waals surface area contributed by atoms with Crippen molar-refractivity contribution in [1.29, 1.82) is 0 Å². The van der Waals surface area contributed by atoms with Gasteiger partial charge in [0.2, 0.25) is 0 Å². The summed E-state index contributed by atoms with van der Waals surface area (Å²) in [6, 6.07) is 31.7. The van der Waals surface area contributed by atoms with Crippen LogP contribution in [-0.2, 0) is 23.9 Å². The van der Waals surface area contributed by atoms with E-state index in [0.717, 1.165) is 31.2 Å². The van der Waals surface area contributed by atoms with Gasteiger partial charge in [-0.2, -0.15) is 0 Å². The first-order valence-electron chi connectivity index (χ1n) is 15.0. The Hall–Kier alpha value is -3.22. The summed E-state index contributed by atoms with van der Waals surface area (Å²) in [5, 5.41) is 0. The highest BCUT2D eigenvalue weighted by Gasteiger charge is 2.25. The topological polar surface area (TPSA) is 40.6 Å². The molecular weight excluding hydrogens is 676 g/mol. The van der Waals surface area contributed by atoms with Crippen LogP contribution in [0.15, 0.2) is 106 Å². The molecule has 0 aliphatic heterocycles. The van der Waals surface area contributed by atoms with Gasteiger partial charge in [-0.3, -0.25) is 9.59 Å².